The number of aromatic hydroxyl groups is 1. The van der Waals surface area contributed by atoms with E-state index in [-0.39, 0.29) is 11.8 Å². The Bertz CT molecular complexity index is 951. The van der Waals surface area contributed by atoms with Crippen LogP contribution in [-0.4, -0.2) is 15.6 Å². The molecule has 0 fully saturated rings. The molecule has 3 rings (SSSR count). The second-order valence-electron chi connectivity index (χ2n) is 4.73. The predicted octanol–water partition coefficient (Wildman–Crippen LogP) is 1.84. The first kappa shape index (κ1) is 13.9. The van der Waals surface area contributed by atoms with Gasteiger partial charge in [0.1, 0.15) is 4.88 Å². The molecule has 0 unspecified atom stereocenters. The lowest BCUT2D eigenvalue weighted by atomic mass is 10.1. The molecule has 0 saturated heterocycles. The summed E-state index contributed by atoms with van der Waals surface area (Å²) >= 11 is 6.46. The minimum Gasteiger partial charge on any atom is -0.493 e. The molecule has 1 aromatic carbocycles. The summed E-state index contributed by atoms with van der Waals surface area (Å²) in [5.74, 6) is -0.342. The van der Waals surface area contributed by atoms with Crippen molar-refractivity contribution in [3.05, 3.63) is 55.8 Å². The highest BCUT2D eigenvalue weighted by molar-refractivity contribution is 7.73. The summed E-state index contributed by atoms with van der Waals surface area (Å²) in [4.78, 5) is 16.7. The maximum atomic E-state index is 12.2. The van der Waals surface area contributed by atoms with Crippen molar-refractivity contribution < 1.29 is 9.90 Å². The number of carbonyl (C=O) groups is 1. The van der Waals surface area contributed by atoms with Gasteiger partial charge >= 0.3 is 0 Å². The van der Waals surface area contributed by atoms with Gasteiger partial charge in [-0.25, -0.2) is 4.99 Å². The molecule has 106 valence electrons. The minimum atomic E-state index is -0.340. The van der Waals surface area contributed by atoms with Crippen molar-refractivity contribution in [1.82, 2.24) is 4.57 Å². The Morgan fingerprint density at radius 3 is 3.00 bits per heavy atom. The van der Waals surface area contributed by atoms with E-state index in [0.717, 1.165) is 10.8 Å². The average molecular weight is 316 g/mol. The second kappa shape index (κ2) is 5.05. The highest BCUT2D eigenvalue weighted by Crippen LogP contribution is 2.32. The van der Waals surface area contributed by atoms with Gasteiger partial charge in [-0.05, 0) is 31.3 Å². The Morgan fingerprint density at radius 2 is 2.29 bits per heavy atom. The normalized spacial score (nSPS) is 13.2. The smallest absolute Gasteiger partial charge is 0.279 e. The van der Waals surface area contributed by atoms with Gasteiger partial charge in [-0.2, -0.15) is 0 Å². The summed E-state index contributed by atoms with van der Waals surface area (Å²) in [5.41, 5.74) is 1.45. The summed E-state index contributed by atoms with van der Waals surface area (Å²) in [6.07, 6.45) is 1.65. The SMILES string of the molecule is C=CCn1c(O)c(C2=c3cc(C)ccc3=NC2=O)sc1=S. The van der Waals surface area contributed by atoms with Crippen LogP contribution >= 0.6 is 23.6 Å². The molecule has 0 radical (unpaired) electrons. The van der Waals surface area contributed by atoms with Gasteiger partial charge in [0, 0.05) is 11.8 Å². The maximum absolute atomic E-state index is 12.2. The van der Waals surface area contributed by atoms with E-state index in [2.05, 4.69) is 11.6 Å². The van der Waals surface area contributed by atoms with Crippen molar-refractivity contribution in [2.75, 3.05) is 0 Å². The number of aryl methyl sites for hydroxylation is 1. The van der Waals surface area contributed by atoms with Gasteiger partial charge in [0.25, 0.3) is 5.91 Å². The number of hydrogen-bond donors (Lipinski definition) is 1. The van der Waals surface area contributed by atoms with Crippen molar-refractivity contribution in [1.29, 1.82) is 0 Å². The fourth-order valence-electron chi connectivity index (χ4n) is 2.30. The molecule has 1 N–H and O–H groups in total. The first-order valence-corrected chi connectivity index (χ1v) is 7.53. The highest BCUT2D eigenvalue weighted by Gasteiger charge is 2.24. The van der Waals surface area contributed by atoms with Crippen LogP contribution in [0, 0.1) is 10.9 Å². The fraction of sp³-hybridized carbons (Fsp3) is 0.133. The van der Waals surface area contributed by atoms with E-state index in [4.69, 9.17) is 12.2 Å². The Morgan fingerprint density at radius 1 is 1.52 bits per heavy atom. The van der Waals surface area contributed by atoms with Crippen molar-refractivity contribution in [2.24, 2.45) is 4.99 Å². The van der Waals surface area contributed by atoms with Gasteiger partial charge in [0.2, 0.25) is 5.88 Å². The molecule has 0 aliphatic carbocycles. The third kappa shape index (κ3) is 2.16. The van der Waals surface area contributed by atoms with Crippen molar-refractivity contribution in [3.63, 3.8) is 0 Å². The van der Waals surface area contributed by atoms with Gasteiger partial charge < -0.3 is 5.11 Å². The molecule has 21 heavy (non-hydrogen) atoms. The zero-order valence-corrected chi connectivity index (χ0v) is 12.9. The van der Waals surface area contributed by atoms with Crippen LogP contribution in [-0.2, 0) is 11.3 Å². The molecular formula is C15H12N2O2S2. The Balaban J connectivity index is 2.36. The van der Waals surface area contributed by atoms with E-state index in [0.29, 0.717) is 26.3 Å². The largest absolute Gasteiger partial charge is 0.493 e. The number of fused-ring (bicyclic) bond motifs is 1. The molecule has 4 nitrogen and oxygen atoms in total. The lowest BCUT2D eigenvalue weighted by Gasteiger charge is -2.01. The summed E-state index contributed by atoms with van der Waals surface area (Å²) < 4.78 is 2.06. The molecule has 1 aliphatic heterocycles. The third-order valence-electron chi connectivity index (χ3n) is 3.26. The lowest BCUT2D eigenvalue weighted by Crippen LogP contribution is -2.23. The van der Waals surface area contributed by atoms with E-state index in [9.17, 15) is 9.90 Å². The number of amides is 1. The van der Waals surface area contributed by atoms with Crippen LogP contribution in [0.4, 0.5) is 0 Å². The Hall–Kier alpha value is -2.05. The van der Waals surface area contributed by atoms with E-state index in [1.807, 2.05) is 25.1 Å². The molecule has 6 heteroatoms. The number of aromatic nitrogens is 1. The second-order valence-corrected chi connectivity index (χ2v) is 6.38. The topological polar surface area (TPSA) is 54.6 Å². The zero-order chi connectivity index (χ0) is 15.1. The third-order valence-corrected chi connectivity index (χ3v) is 4.72. The lowest BCUT2D eigenvalue weighted by molar-refractivity contribution is -0.112. The molecule has 0 saturated carbocycles. The molecule has 0 spiro atoms. The molecule has 0 atom stereocenters. The molecule has 1 amide bonds. The van der Waals surface area contributed by atoms with Gasteiger partial charge in [-0.1, -0.05) is 17.7 Å². The average Bonchev–Trinajstić information content (AvgIpc) is 2.89. The predicted molar refractivity (Wildman–Crippen MR) is 84.5 cm³/mol. The molecule has 2 heterocycles. The minimum absolute atomic E-state index is 0.00203. The Labute approximate surface area is 130 Å². The van der Waals surface area contributed by atoms with Gasteiger partial charge in [-0.15, -0.1) is 17.9 Å². The van der Waals surface area contributed by atoms with Crippen LogP contribution < -0.4 is 10.6 Å². The molecular weight excluding hydrogens is 304 g/mol. The van der Waals surface area contributed by atoms with Crippen LogP contribution in [0.1, 0.15) is 10.4 Å². The van der Waals surface area contributed by atoms with Crippen LogP contribution in [0.2, 0.25) is 0 Å². The summed E-state index contributed by atoms with van der Waals surface area (Å²) in [7, 11) is 0. The van der Waals surface area contributed by atoms with Crippen LogP contribution in [0.5, 0.6) is 5.88 Å². The van der Waals surface area contributed by atoms with Crippen LogP contribution in [0.15, 0.2) is 35.8 Å². The first-order valence-electron chi connectivity index (χ1n) is 6.31. The number of hydrogen-bond acceptors (Lipinski definition) is 4. The maximum Gasteiger partial charge on any atom is 0.279 e. The van der Waals surface area contributed by atoms with Gasteiger partial charge in [0.15, 0.2) is 3.95 Å². The van der Waals surface area contributed by atoms with Crippen molar-refractivity contribution >= 4 is 35.0 Å². The zero-order valence-electron chi connectivity index (χ0n) is 11.3. The standard InChI is InChI=1S/C15H12N2O2S2/c1-3-6-17-14(19)12(21-15(17)20)11-9-7-8(2)4-5-10(9)16-13(11)18/h3-5,7,19H,1,6H2,2H3. The molecule has 1 aliphatic rings. The van der Waals surface area contributed by atoms with Crippen molar-refractivity contribution in [2.45, 2.75) is 13.5 Å². The first-order chi connectivity index (χ1) is 10.0. The number of nitrogens with zero attached hydrogens (tertiary/aromatic N) is 2. The number of carbonyl (C=O) groups excluding carboxylic acids is 1. The van der Waals surface area contributed by atoms with E-state index in [1.165, 1.54) is 11.3 Å². The van der Waals surface area contributed by atoms with E-state index in [1.54, 1.807) is 10.6 Å². The number of thiazole rings is 1. The van der Waals surface area contributed by atoms with Gasteiger partial charge in [-0.3, -0.25) is 9.36 Å². The van der Waals surface area contributed by atoms with Gasteiger partial charge in [0.05, 0.1) is 10.9 Å². The van der Waals surface area contributed by atoms with E-state index < -0.39 is 0 Å². The Kier molecular flexibility index (Phi) is 3.35. The van der Waals surface area contributed by atoms with E-state index >= 15 is 0 Å². The summed E-state index contributed by atoms with van der Waals surface area (Å²) in [6.45, 7) is 5.99. The number of rotatable bonds is 3. The summed E-state index contributed by atoms with van der Waals surface area (Å²) in [6, 6.07) is 5.62. The number of benzene rings is 1. The molecule has 2 aromatic rings. The quantitative estimate of drug-likeness (QED) is 0.694. The van der Waals surface area contributed by atoms with Crippen LogP contribution in [0.25, 0.3) is 5.57 Å². The fourth-order valence-corrected chi connectivity index (χ4v) is 3.66. The highest BCUT2D eigenvalue weighted by atomic mass is 32.1. The molecule has 1 aromatic heterocycles. The monoisotopic (exact) mass is 316 g/mol. The van der Waals surface area contributed by atoms with Crippen LogP contribution in [0.3, 0.4) is 0 Å². The summed E-state index contributed by atoms with van der Waals surface area (Å²) in [5, 5.41) is 11.7. The number of allylic oxidation sites excluding steroid dienone is 1. The van der Waals surface area contributed by atoms with Crippen molar-refractivity contribution in [3.8, 4) is 5.88 Å². The molecule has 0 bridgehead atoms.